The molecule has 0 heterocycles. The van der Waals surface area contributed by atoms with Crippen molar-refractivity contribution in [2.45, 2.75) is 6.92 Å². The van der Waals surface area contributed by atoms with Crippen molar-refractivity contribution in [3.05, 3.63) is 35.4 Å². The standard InChI is InChI=1S/C9H9NS/c1-7-2-4-8(5-3-7)9(11)6-10/h2-6,10H,1H3. The van der Waals surface area contributed by atoms with Crippen molar-refractivity contribution in [2.24, 2.45) is 0 Å². The van der Waals surface area contributed by atoms with Crippen molar-refractivity contribution >= 4 is 23.3 Å². The van der Waals surface area contributed by atoms with Gasteiger partial charge in [0.15, 0.2) is 0 Å². The van der Waals surface area contributed by atoms with E-state index in [1.54, 1.807) is 0 Å². The summed E-state index contributed by atoms with van der Waals surface area (Å²) >= 11 is 4.92. The monoisotopic (exact) mass is 163 g/mol. The Morgan fingerprint density at radius 3 is 2.36 bits per heavy atom. The lowest BCUT2D eigenvalue weighted by Gasteiger charge is -1.96. The molecule has 0 aliphatic heterocycles. The van der Waals surface area contributed by atoms with Crippen LogP contribution < -0.4 is 0 Å². The molecule has 1 aromatic carbocycles. The van der Waals surface area contributed by atoms with Crippen molar-refractivity contribution in [3.63, 3.8) is 0 Å². The molecule has 0 atom stereocenters. The van der Waals surface area contributed by atoms with Gasteiger partial charge in [-0.1, -0.05) is 42.0 Å². The lowest BCUT2D eigenvalue weighted by atomic mass is 10.1. The normalized spacial score (nSPS) is 9.18. The quantitative estimate of drug-likeness (QED) is 0.404. The first-order chi connectivity index (χ1) is 5.24. The van der Waals surface area contributed by atoms with E-state index in [-0.39, 0.29) is 0 Å². The van der Waals surface area contributed by atoms with Crippen LogP contribution in [-0.2, 0) is 0 Å². The Bertz CT molecular complexity index is 274. The molecule has 1 aromatic rings. The Hall–Kier alpha value is -1.02. The Balaban J connectivity index is 2.98. The third-order valence-corrected chi connectivity index (χ3v) is 1.82. The van der Waals surface area contributed by atoms with Crippen LogP contribution in [0.4, 0.5) is 0 Å². The van der Waals surface area contributed by atoms with Crippen LogP contribution in [0, 0.1) is 12.3 Å². The first-order valence-electron chi connectivity index (χ1n) is 3.35. The van der Waals surface area contributed by atoms with Gasteiger partial charge in [-0.3, -0.25) is 0 Å². The summed E-state index contributed by atoms with van der Waals surface area (Å²) in [7, 11) is 0. The molecule has 0 saturated heterocycles. The summed E-state index contributed by atoms with van der Waals surface area (Å²) in [6, 6.07) is 7.85. The van der Waals surface area contributed by atoms with E-state index in [1.165, 1.54) is 11.8 Å². The highest BCUT2D eigenvalue weighted by Gasteiger charge is 1.94. The third-order valence-electron chi connectivity index (χ3n) is 1.47. The van der Waals surface area contributed by atoms with Gasteiger partial charge in [0.1, 0.15) is 0 Å². The zero-order valence-corrected chi connectivity index (χ0v) is 7.11. The highest BCUT2D eigenvalue weighted by Crippen LogP contribution is 2.03. The zero-order chi connectivity index (χ0) is 8.27. The summed E-state index contributed by atoms with van der Waals surface area (Å²) < 4.78 is 0. The van der Waals surface area contributed by atoms with Crippen LogP contribution in [-0.4, -0.2) is 11.1 Å². The van der Waals surface area contributed by atoms with Gasteiger partial charge in [0.05, 0.1) is 4.86 Å². The van der Waals surface area contributed by atoms with Crippen LogP contribution in [0.5, 0.6) is 0 Å². The molecular weight excluding hydrogens is 154 g/mol. The number of hydrogen-bond acceptors (Lipinski definition) is 2. The van der Waals surface area contributed by atoms with Crippen LogP contribution in [0.1, 0.15) is 11.1 Å². The van der Waals surface area contributed by atoms with E-state index in [0.29, 0.717) is 4.86 Å². The minimum absolute atomic E-state index is 0.588. The molecule has 1 nitrogen and oxygen atoms in total. The second-order valence-corrected chi connectivity index (χ2v) is 2.81. The molecule has 2 heteroatoms. The molecule has 0 fully saturated rings. The fourth-order valence-corrected chi connectivity index (χ4v) is 0.937. The summed E-state index contributed by atoms with van der Waals surface area (Å²) in [5, 5.41) is 6.93. The molecule has 0 amide bonds. The molecule has 0 unspecified atom stereocenters. The topological polar surface area (TPSA) is 23.9 Å². The largest absolute Gasteiger partial charge is 0.307 e. The minimum Gasteiger partial charge on any atom is -0.307 e. The molecule has 1 rings (SSSR count). The maximum Gasteiger partial charge on any atom is 0.0625 e. The van der Waals surface area contributed by atoms with Crippen LogP contribution in [0.25, 0.3) is 0 Å². The van der Waals surface area contributed by atoms with Gasteiger partial charge in [-0.25, -0.2) is 0 Å². The predicted molar refractivity (Wildman–Crippen MR) is 51.7 cm³/mol. The number of thiocarbonyl (C=S) groups is 1. The van der Waals surface area contributed by atoms with E-state index < -0.39 is 0 Å². The molecule has 0 spiro atoms. The second-order valence-electron chi connectivity index (χ2n) is 2.37. The molecule has 0 saturated carbocycles. The number of rotatable bonds is 2. The van der Waals surface area contributed by atoms with E-state index >= 15 is 0 Å². The molecule has 0 aliphatic carbocycles. The minimum atomic E-state index is 0.588. The Kier molecular flexibility index (Phi) is 2.49. The fraction of sp³-hybridized carbons (Fsp3) is 0.111. The highest BCUT2D eigenvalue weighted by atomic mass is 32.1. The predicted octanol–water partition coefficient (Wildman–Crippen LogP) is 2.36. The van der Waals surface area contributed by atoms with Crippen molar-refractivity contribution < 1.29 is 0 Å². The van der Waals surface area contributed by atoms with Gasteiger partial charge in [0.25, 0.3) is 0 Å². The van der Waals surface area contributed by atoms with Crippen LogP contribution in [0.2, 0.25) is 0 Å². The number of hydrogen-bond donors (Lipinski definition) is 1. The smallest absolute Gasteiger partial charge is 0.0625 e. The highest BCUT2D eigenvalue weighted by molar-refractivity contribution is 7.82. The van der Waals surface area contributed by atoms with Crippen molar-refractivity contribution in [1.82, 2.24) is 0 Å². The van der Waals surface area contributed by atoms with E-state index in [9.17, 15) is 0 Å². The van der Waals surface area contributed by atoms with Gasteiger partial charge >= 0.3 is 0 Å². The van der Waals surface area contributed by atoms with Gasteiger partial charge in [-0.2, -0.15) is 0 Å². The molecule has 0 aliphatic rings. The van der Waals surface area contributed by atoms with Crippen LogP contribution in [0.3, 0.4) is 0 Å². The van der Waals surface area contributed by atoms with Crippen molar-refractivity contribution in [2.75, 3.05) is 0 Å². The number of benzene rings is 1. The van der Waals surface area contributed by atoms with Crippen LogP contribution >= 0.6 is 12.2 Å². The lowest BCUT2D eigenvalue weighted by molar-refractivity contribution is 1.47. The van der Waals surface area contributed by atoms with E-state index in [4.69, 9.17) is 17.6 Å². The van der Waals surface area contributed by atoms with Crippen molar-refractivity contribution in [3.8, 4) is 0 Å². The molecule has 0 radical (unpaired) electrons. The Labute approximate surface area is 71.6 Å². The lowest BCUT2D eigenvalue weighted by Crippen LogP contribution is -1.96. The third kappa shape index (κ3) is 1.95. The fourth-order valence-electron chi connectivity index (χ4n) is 0.801. The molecule has 1 N–H and O–H groups in total. The van der Waals surface area contributed by atoms with Gasteiger partial charge in [0.2, 0.25) is 0 Å². The molecular formula is C9H9NS. The average Bonchev–Trinajstić information content (AvgIpc) is 2.05. The molecule has 11 heavy (non-hydrogen) atoms. The first kappa shape index (κ1) is 8.08. The summed E-state index contributed by atoms with van der Waals surface area (Å²) in [6.45, 7) is 2.03. The van der Waals surface area contributed by atoms with Gasteiger partial charge in [0, 0.05) is 6.21 Å². The van der Waals surface area contributed by atoms with Crippen LogP contribution in [0.15, 0.2) is 24.3 Å². The van der Waals surface area contributed by atoms with Gasteiger partial charge in [-0.05, 0) is 12.5 Å². The molecule has 0 bridgehead atoms. The maximum absolute atomic E-state index is 6.93. The average molecular weight is 163 g/mol. The van der Waals surface area contributed by atoms with E-state index in [0.717, 1.165) is 5.56 Å². The summed E-state index contributed by atoms with van der Waals surface area (Å²) in [5.74, 6) is 0. The zero-order valence-electron chi connectivity index (χ0n) is 6.29. The first-order valence-corrected chi connectivity index (χ1v) is 3.76. The second kappa shape index (κ2) is 3.39. The molecule has 56 valence electrons. The number of nitrogens with one attached hydrogen (secondary N) is 1. The van der Waals surface area contributed by atoms with E-state index in [2.05, 4.69) is 0 Å². The SMILES string of the molecule is Cc1ccc(C(=S)C=N)cc1. The molecule has 0 aromatic heterocycles. The summed E-state index contributed by atoms with van der Waals surface area (Å²) in [4.78, 5) is 0.588. The Morgan fingerprint density at radius 2 is 1.91 bits per heavy atom. The Morgan fingerprint density at radius 1 is 1.36 bits per heavy atom. The summed E-state index contributed by atoms with van der Waals surface area (Å²) in [5.41, 5.74) is 2.15. The summed E-state index contributed by atoms with van der Waals surface area (Å²) in [6.07, 6.45) is 1.19. The van der Waals surface area contributed by atoms with Gasteiger partial charge in [-0.15, -0.1) is 0 Å². The van der Waals surface area contributed by atoms with Gasteiger partial charge < -0.3 is 5.41 Å². The maximum atomic E-state index is 6.93. The van der Waals surface area contributed by atoms with E-state index in [1.807, 2.05) is 31.2 Å². The van der Waals surface area contributed by atoms with Crippen molar-refractivity contribution in [1.29, 1.82) is 5.41 Å². The number of aryl methyl sites for hydroxylation is 1.